The molecule has 0 aliphatic rings. The van der Waals surface area contributed by atoms with Gasteiger partial charge in [0.1, 0.15) is 5.75 Å². The van der Waals surface area contributed by atoms with E-state index in [4.69, 9.17) is 9.47 Å². The fourth-order valence-electron chi connectivity index (χ4n) is 2.07. The number of esters is 1. The first-order valence-corrected chi connectivity index (χ1v) is 7.62. The number of hydrogen-bond acceptors (Lipinski definition) is 6. The smallest absolute Gasteiger partial charge is 0.331 e. The third kappa shape index (κ3) is 5.63. The lowest BCUT2D eigenvalue weighted by molar-refractivity contribution is -0.387. The molecule has 8 nitrogen and oxygen atoms in total. The molecule has 0 unspecified atom stereocenters. The number of methoxy groups -OCH3 is 1. The van der Waals surface area contributed by atoms with Crippen molar-refractivity contribution in [1.29, 1.82) is 0 Å². The van der Waals surface area contributed by atoms with Gasteiger partial charge in [-0.25, -0.2) is 4.79 Å². The molecule has 0 fully saturated rings. The zero-order valence-electron chi connectivity index (χ0n) is 14.2. The Kier molecular flexibility index (Phi) is 6.59. The largest absolute Gasteiger partial charge is 0.496 e. The van der Waals surface area contributed by atoms with Crippen molar-refractivity contribution in [2.24, 2.45) is 0 Å². The van der Waals surface area contributed by atoms with Crippen LogP contribution in [0.1, 0.15) is 5.56 Å². The molecule has 0 saturated carbocycles. The third-order valence-corrected chi connectivity index (χ3v) is 3.31. The molecule has 1 amide bonds. The van der Waals surface area contributed by atoms with E-state index in [1.165, 1.54) is 13.2 Å². The quantitative estimate of drug-likeness (QED) is 0.345. The first-order chi connectivity index (χ1) is 12.9. The third-order valence-electron chi connectivity index (χ3n) is 3.31. The predicted octanol–water partition coefficient (Wildman–Crippen LogP) is 2.94. The molecule has 0 spiro atoms. The van der Waals surface area contributed by atoms with E-state index in [-0.39, 0.29) is 5.69 Å². The molecule has 0 bridgehead atoms. The topological polar surface area (TPSA) is 108 Å². The zero-order valence-corrected chi connectivity index (χ0v) is 14.2. The molecule has 0 aliphatic carbocycles. The van der Waals surface area contributed by atoms with E-state index in [2.05, 4.69) is 5.32 Å². The standard InChI is InChI=1S/C18H15FN2O6/c1-26-16-5-3-2-4-12(16)6-9-18(23)27-11-17(22)20-13-7-8-14(19)15(10-13)21(24)25/h2-10H,11H2,1H3,(H,20,22)/b9-6+. The summed E-state index contributed by atoms with van der Waals surface area (Å²) in [7, 11) is 1.50. The van der Waals surface area contributed by atoms with E-state index in [0.717, 1.165) is 24.3 Å². The highest BCUT2D eigenvalue weighted by atomic mass is 19.1. The number of anilines is 1. The number of hydrogen-bond donors (Lipinski definition) is 1. The van der Waals surface area contributed by atoms with E-state index in [9.17, 15) is 24.1 Å². The Morgan fingerprint density at radius 2 is 2.00 bits per heavy atom. The van der Waals surface area contributed by atoms with Crippen molar-refractivity contribution < 1.29 is 28.4 Å². The summed E-state index contributed by atoms with van der Waals surface area (Å²) in [6.45, 7) is -0.611. The van der Waals surface area contributed by atoms with Crippen LogP contribution in [-0.2, 0) is 14.3 Å². The second kappa shape index (κ2) is 9.09. The molecule has 140 valence electrons. The van der Waals surface area contributed by atoms with Crippen molar-refractivity contribution in [3.05, 3.63) is 70.0 Å². The molecule has 0 aromatic heterocycles. The van der Waals surface area contributed by atoms with Crippen molar-refractivity contribution in [3.8, 4) is 5.75 Å². The number of nitrogens with zero attached hydrogens (tertiary/aromatic N) is 1. The Morgan fingerprint density at radius 3 is 2.70 bits per heavy atom. The Balaban J connectivity index is 1.90. The van der Waals surface area contributed by atoms with Crippen molar-refractivity contribution in [2.75, 3.05) is 19.0 Å². The molecule has 27 heavy (non-hydrogen) atoms. The van der Waals surface area contributed by atoms with Gasteiger partial charge in [0, 0.05) is 23.4 Å². The Morgan fingerprint density at radius 1 is 1.26 bits per heavy atom. The summed E-state index contributed by atoms with van der Waals surface area (Å²) in [5.41, 5.74) is -0.113. The highest BCUT2D eigenvalue weighted by Gasteiger charge is 2.15. The van der Waals surface area contributed by atoms with Gasteiger partial charge in [0.25, 0.3) is 5.91 Å². The van der Waals surface area contributed by atoms with Gasteiger partial charge in [-0.05, 0) is 24.3 Å². The molecule has 1 N–H and O–H groups in total. The van der Waals surface area contributed by atoms with Gasteiger partial charge in [-0.3, -0.25) is 14.9 Å². The number of nitrogens with one attached hydrogen (secondary N) is 1. The molecule has 0 atom stereocenters. The minimum Gasteiger partial charge on any atom is -0.496 e. The van der Waals surface area contributed by atoms with Gasteiger partial charge >= 0.3 is 11.7 Å². The van der Waals surface area contributed by atoms with Crippen LogP contribution in [0.2, 0.25) is 0 Å². The van der Waals surface area contributed by atoms with E-state index < -0.39 is 34.9 Å². The van der Waals surface area contributed by atoms with Crippen molar-refractivity contribution in [3.63, 3.8) is 0 Å². The molecular weight excluding hydrogens is 359 g/mol. The molecule has 2 aromatic carbocycles. The van der Waals surface area contributed by atoms with E-state index in [1.54, 1.807) is 24.3 Å². The van der Waals surface area contributed by atoms with Gasteiger partial charge in [-0.15, -0.1) is 0 Å². The number of nitro benzene ring substituents is 1. The molecule has 2 rings (SSSR count). The minimum atomic E-state index is -1.02. The van der Waals surface area contributed by atoms with E-state index >= 15 is 0 Å². The SMILES string of the molecule is COc1ccccc1/C=C/C(=O)OCC(=O)Nc1ccc(F)c([N+](=O)[O-])c1. The molecule has 0 radical (unpaired) electrons. The number of carbonyl (C=O) groups is 2. The van der Waals surface area contributed by atoms with Gasteiger partial charge < -0.3 is 14.8 Å². The monoisotopic (exact) mass is 374 g/mol. The molecule has 9 heteroatoms. The summed E-state index contributed by atoms with van der Waals surface area (Å²) in [6, 6.07) is 9.88. The van der Waals surface area contributed by atoms with Gasteiger partial charge in [-0.1, -0.05) is 18.2 Å². The maximum atomic E-state index is 13.3. The first kappa shape index (κ1) is 19.6. The Labute approximate surface area is 153 Å². The summed E-state index contributed by atoms with van der Waals surface area (Å²) < 4.78 is 23.2. The van der Waals surface area contributed by atoms with Gasteiger partial charge in [-0.2, -0.15) is 4.39 Å². The lowest BCUT2D eigenvalue weighted by Gasteiger charge is -2.06. The number of ether oxygens (including phenoxy) is 2. The second-order valence-electron chi connectivity index (χ2n) is 5.15. The van der Waals surface area contributed by atoms with Crippen LogP contribution in [0.3, 0.4) is 0 Å². The molecule has 2 aromatic rings. The number of benzene rings is 2. The lowest BCUT2D eigenvalue weighted by Crippen LogP contribution is -2.20. The number of amides is 1. The maximum absolute atomic E-state index is 13.3. The number of para-hydroxylation sites is 1. The number of nitro groups is 1. The number of rotatable bonds is 7. The molecule has 0 aliphatic heterocycles. The van der Waals surface area contributed by atoms with Crippen LogP contribution >= 0.6 is 0 Å². The highest BCUT2D eigenvalue weighted by molar-refractivity contribution is 5.95. The average molecular weight is 374 g/mol. The molecule has 0 saturated heterocycles. The Hall–Kier alpha value is -3.75. The maximum Gasteiger partial charge on any atom is 0.331 e. The lowest BCUT2D eigenvalue weighted by atomic mass is 10.2. The van der Waals surface area contributed by atoms with Gasteiger partial charge in [0.2, 0.25) is 5.82 Å². The average Bonchev–Trinajstić information content (AvgIpc) is 2.66. The van der Waals surface area contributed by atoms with Crippen LogP contribution in [0.5, 0.6) is 5.75 Å². The van der Waals surface area contributed by atoms with Crippen LogP contribution in [0, 0.1) is 15.9 Å². The van der Waals surface area contributed by atoms with E-state index in [1.807, 2.05) is 0 Å². The summed E-state index contributed by atoms with van der Waals surface area (Å²) in [5.74, 6) is -1.95. The zero-order chi connectivity index (χ0) is 19.8. The normalized spacial score (nSPS) is 10.4. The van der Waals surface area contributed by atoms with Crippen LogP contribution in [-0.4, -0.2) is 30.5 Å². The van der Waals surface area contributed by atoms with Crippen LogP contribution in [0.4, 0.5) is 15.8 Å². The minimum absolute atomic E-state index is 0.00807. The van der Waals surface area contributed by atoms with Crippen LogP contribution in [0.25, 0.3) is 6.08 Å². The number of halogens is 1. The van der Waals surface area contributed by atoms with E-state index in [0.29, 0.717) is 11.3 Å². The fourth-order valence-corrected chi connectivity index (χ4v) is 2.07. The summed E-state index contributed by atoms with van der Waals surface area (Å²) in [4.78, 5) is 33.2. The van der Waals surface area contributed by atoms with Gasteiger partial charge in [0.15, 0.2) is 6.61 Å². The van der Waals surface area contributed by atoms with Gasteiger partial charge in [0.05, 0.1) is 12.0 Å². The Bertz CT molecular complexity index is 897. The van der Waals surface area contributed by atoms with Crippen LogP contribution < -0.4 is 10.1 Å². The second-order valence-corrected chi connectivity index (χ2v) is 5.15. The summed E-state index contributed by atoms with van der Waals surface area (Å²) in [6.07, 6.45) is 2.61. The van der Waals surface area contributed by atoms with Crippen molar-refractivity contribution in [1.82, 2.24) is 0 Å². The fraction of sp³-hybridized carbons (Fsp3) is 0.111. The van der Waals surface area contributed by atoms with Crippen molar-refractivity contribution in [2.45, 2.75) is 0 Å². The van der Waals surface area contributed by atoms with Crippen molar-refractivity contribution >= 4 is 29.3 Å². The van der Waals surface area contributed by atoms with Crippen LogP contribution in [0.15, 0.2) is 48.5 Å². The predicted molar refractivity (Wildman–Crippen MR) is 94.7 cm³/mol. The summed E-state index contributed by atoms with van der Waals surface area (Å²) >= 11 is 0. The highest BCUT2D eigenvalue weighted by Crippen LogP contribution is 2.21. The molecule has 0 heterocycles. The molecular formula is C18H15FN2O6. The summed E-state index contributed by atoms with van der Waals surface area (Å²) in [5, 5.41) is 13.0. The first-order valence-electron chi connectivity index (χ1n) is 7.62. The number of carbonyl (C=O) groups excluding carboxylic acids is 2.